The largest absolute Gasteiger partial charge is 0.506 e. The van der Waals surface area contributed by atoms with Crippen LogP contribution in [0.15, 0.2) is 95.9 Å². The number of aromatic amines is 1. The fraction of sp³-hybridized carbons (Fsp3) is 0.300. The molecule has 12 nitrogen and oxygen atoms in total. The van der Waals surface area contributed by atoms with Gasteiger partial charge in [0.25, 0.3) is 0 Å². The molecule has 2 heterocycles. The molecule has 0 saturated heterocycles. The van der Waals surface area contributed by atoms with E-state index >= 15 is 0 Å². The smallest absolute Gasteiger partial charge is 0.412 e. The quantitative estimate of drug-likeness (QED) is 0.0789. The van der Waals surface area contributed by atoms with Crippen molar-refractivity contribution in [3.05, 3.63) is 118 Å². The van der Waals surface area contributed by atoms with Crippen molar-refractivity contribution in [1.29, 1.82) is 0 Å². The van der Waals surface area contributed by atoms with E-state index in [0.717, 1.165) is 35.1 Å². The number of carboxylic acid groups (broad SMARTS) is 1. The number of nitrogens with two attached hydrogens (primary N) is 1. The Morgan fingerprint density at radius 2 is 1.73 bits per heavy atom. The van der Waals surface area contributed by atoms with E-state index in [1.165, 1.54) is 17.0 Å². The first kappa shape index (κ1) is 36.2. The highest BCUT2D eigenvalue weighted by Crippen LogP contribution is 2.36. The number of nitrogens with one attached hydrogen (secondary N) is 3. The topological polar surface area (TPSA) is 194 Å². The first-order chi connectivity index (χ1) is 25.2. The third-order valence-corrected chi connectivity index (χ3v) is 9.61. The van der Waals surface area contributed by atoms with Crippen molar-refractivity contribution in [2.45, 2.75) is 69.7 Å². The molecule has 3 aromatic carbocycles. The number of benzene rings is 3. The van der Waals surface area contributed by atoms with Gasteiger partial charge < -0.3 is 36.7 Å². The zero-order valence-electron chi connectivity index (χ0n) is 28.8. The number of phenols is 1. The molecule has 1 aliphatic carbocycles. The summed E-state index contributed by atoms with van der Waals surface area (Å²) in [5.74, 6) is 0.191. The van der Waals surface area contributed by atoms with Gasteiger partial charge >= 0.3 is 6.09 Å². The fourth-order valence-electron chi connectivity index (χ4n) is 6.88. The van der Waals surface area contributed by atoms with Crippen LogP contribution in [0, 0.1) is 0 Å². The highest BCUT2D eigenvalue weighted by molar-refractivity contribution is 5.94. The average molecular weight is 705 g/mol. The third-order valence-electron chi connectivity index (χ3n) is 9.61. The molecule has 1 saturated carbocycles. The second kappa shape index (κ2) is 16.6. The van der Waals surface area contributed by atoms with Crippen LogP contribution in [0.25, 0.3) is 22.0 Å². The number of rotatable bonds is 13. The van der Waals surface area contributed by atoms with Gasteiger partial charge in [0.15, 0.2) is 0 Å². The average Bonchev–Trinajstić information content (AvgIpc) is 3.14. The molecule has 0 aliphatic heterocycles. The summed E-state index contributed by atoms with van der Waals surface area (Å²) in [6.45, 7) is 0.640. The number of H-pyrrole nitrogens is 1. The molecule has 1 aliphatic rings. The van der Waals surface area contributed by atoms with E-state index in [4.69, 9.17) is 5.73 Å². The molecular formula is C40H44N6O6. The van der Waals surface area contributed by atoms with Crippen molar-refractivity contribution in [2.75, 3.05) is 16.8 Å². The zero-order valence-corrected chi connectivity index (χ0v) is 28.8. The molecule has 5 aromatic rings. The Morgan fingerprint density at radius 3 is 2.46 bits per heavy atom. The summed E-state index contributed by atoms with van der Waals surface area (Å²) in [5, 5.41) is 37.9. The number of aromatic hydroxyl groups is 1. The number of nitrogens with zero attached hydrogens (tertiary/aromatic N) is 2. The molecule has 1 atom stereocenters. The van der Waals surface area contributed by atoms with Crippen molar-refractivity contribution < 1.29 is 24.9 Å². The lowest BCUT2D eigenvalue weighted by atomic mass is 9.89. The molecule has 2 aromatic heterocycles. The van der Waals surface area contributed by atoms with Crippen LogP contribution in [-0.2, 0) is 17.8 Å². The van der Waals surface area contributed by atoms with E-state index in [1.54, 1.807) is 24.4 Å². The number of aryl methyl sites for hydroxylation is 1. The standard InChI is InChI=1S/C40H44N6O6/c41-28-11-13-29(14-12-28)46(40(51)52)33-21-25(9-15-30(33)27-6-2-1-3-7-27)5-4-8-37(49)44-36-19-10-26(23-43-36)22-42-24-35(48)31-16-18-34(47)39-32(31)17-20-38(50)45-39/h1-3,6-7,9-10,15-21,23,28-29,35,42,47-48H,4-5,8,11-14,22,24,41H2,(H,45,50)(H,51,52)(H,43,44,49)/t28-,29-,35?. The number of carbonyl (C=O) groups excluding carboxylic acids is 1. The van der Waals surface area contributed by atoms with Gasteiger partial charge in [0.1, 0.15) is 11.6 Å². The Bertz CT molecular complexity index is 2060. The molecule has 52 heavy (non-hydrogen) atoms. The van der Waals surface area contributed by atoms with E-state index in [2.05, 4.69) is 20.6 Å². The predicted octanol–water partition coefficient (Wildman–Crippen LogP) is 5.83. The minimum Gasteiger partial charge on any atom is -0.506 e. The van der Waals surface area contributed by atoms with Crippen LogP contribution in [0.3, 0.4) is 0 Å². The second-order valence-electron chi connectivity index (χ2n) is 13.3. The van der Waals surface area contributed by atoms with Gasteiger partial charge in [0.2, 0.25) is 11.5 Å². The van der Waals surface area contributed by atoms with Crippen molar-refractivity contribution in [3.63, 3.8) is 0 Å². The van der Waals surface area contributed by atoms with Crippen molar-refractivity contribution >= 4 is 34.4 Å². The summed E-state index contributed by atoms with van der Waals surface area (Å²) in [6, 6.07) is 25.2. The number of aliphatic hydroxyl groups is 1. The second-order valence-corrected chi connectivity index (χ2v) is 13.3. The fourth-order valence-corrected chi connectivity index (χ4v) is 6.88. The maximum atomic E-state index is 12.8. The monoisotopic (exact) mass is 704 g/mol. The number of aliphatic hydroxyl groups excluding tert-OH is 1. The minimum atomic E-state index is -0.983. The molecule has 0 radical (unpaired) electrons. The van der Waals surface area contributed by atoms with E-state index in [-0.39, 0.29) is 47.8 Å². The number of hydrogen-bond acceptors (Lipinski definition) is 8. The highest BCUT2D eigenvalue weighted by Gasteiger charge is 2.30. The maximum absolute atomic E-state index is 12.8. The Balaban J connectivity index is 1.02. The molecule has 0 bridgehead atoms. The normalized spacial score (nSPS) is 16.3. The summed E-state index contributed by atoms with van der Waals surface area (Å²) >= 11 is 0. The molecule has 2 amide bonds. The van der Waals surface area contributed by atoms with Crippen LogP contribution in [0.1, 0.15) is 61.3 Å². The van der Waals surface area contributed by atoms with Gasteiger partial charge in [0.05, 0.1) is 17.3 Å². The number of phenolic OH excluding ortho intramolecular Hbond substituents is 1. The summed E-state index contributed by atoms with van der Waals surface area (Å²) < 4.78 is 0. The Labute approximate surface area is 301 Å². The SMILES string of the molecule is N[C@H]1CC[C@H](N(C(=O)O)c2cc(CCCC(=O)Nc3ccc(CNCC(O)c4ccc(O)c5[nH]c(=O)ccc45)cn3)ccc2-c2ccccc2)CC1. The molecule has 0 spiro atoms. The minimum absolute atomic E-state index is 0.0667. The summed E-state index contributed by atoms with van der Waals surface area (Å²) in [6.07, 6.45) is 4.21. The Hall–Kier alpha value is -5.56. The van der Waals surface area contributed by atoms with Gasteiger partial charge in [-0.15, -0.1) is 0 Å². The van der Waals surface area contributed by atoms with Gasteiger partial charge in [-0.25, -0.2) is 9.78 Å². The predicted molar refractivity (Wildman–Crippen MR) is 201 cm³/mol. The van der Waals surface area contributed by atoms with Gasteiger partial charge in [-0.05, 0) is 85.0 Å². The van der Waals surface area contributed by atoms with Gasteiger partial charge in [-0.1, -0.05) is 54.6 Å². The van der Waals surface area contributed by atoms with Crippen molar-refractivity contribution in [1.82, 2.24) is 15.3 Å². The zero-order chi connectivity index (χ0) is 36.6. The van der Waals surface area contributed by atoms with Crippen LogP contribution >= 0.6 is 0 Å². The maximum Gasteiger partial charge on any atom is 0.412 e. The van der Waals surface area contributed by atoms with Crippen LogP contribution in [0.2, 0.25) is 0 Å². The van der Waals surface area contributed by atoms with Crippen molar-refractivity contribution in [3.8, 4) is 16.9 Å². The van der Waals surface area contributed by atoms with Gasteiger partial charge in [0, 0.05) is 54.8 Å². The lowest BCUT2D eigenvalue weighted by Crippen LogP contribution is -2.44. The van der Waals surface area contributed by atoms with Crippen molar-refractivity contribution in [2.24, 2.45) is 5.73 Å². The van der Waals surface area contributed by atoms with Gasteiger partial charge in [-0.3, -0.25) is 14.5 Å². The van der Waals surface area contributed by atoms with Crippen LogP contribution in [0.4, 0.5) is 16.3 Å². The molecule has 8 N–H and O–H groups in total. The lowest BCUT2D eigenvalue weighted by molar-refractivity contribution is -0.116. The van der Waals surface area contributed by atoms with E-state index in [9.17, 15) is 29.7 Å². The summed E-state index contributed by atoms with van der Waals surface area (Å²) in [4.78, 5) is 45.7. The highest BCUT2D eigenvalue weighted by atomic mass is 16.4. The summed E-state index contributed by atoms with van der Waals surface area (Å²) in [7, 11) is 0. The van der Waals surface area contributed by atoms with E-state index < -0.39 is 12.2 Å². The Morgan fingerprint density at radius 1 is 0.962 bits per heavy atom. The number of fused-ring (bicyclic) bond motifs is 1. The van der Waals surface area contributed by atoms with E-state index in [0.29, 0.717) is 54.7 Å². The Kier molecular flexibility index (Phi) is 11.6. The molecule has 6 rings (SSSR count). The number of pyridine rings is 2. The van der Waals surface area contributed by atoms with Gasteiger partial charge in [-0.2, -0.15) is 0 Å². The van der Waals surface area contributed by atoms with E-state index in [1.807, 2.05) is 54.6 Å². The van der Waals surface area contributed by atoms with Crippen LogP contribution < -0.4 is 26.8 Å². The molecule has 1 unspecified atom stereocenters. The first-order valence-electron chi connectivity index (χ1n) is 17.6. The molecular weight excluding hydrogens is 660 g/mol. The van der Waals surface area contributed by atoms with Crippen LogP contribution in [-0.4, -0.2) is 55.9 Å². The summed E-state index contributed by atoms with van der Waals surface area (Å²) in [5.41, 5.74) is 10.9. The first-order valence-corrected chi connectivity index (χ1v) is 17.6. The third kappa shape index (κ3) is 8.83. The number of hydrogen-bond donors (Lipinski definition) is 7. The number of carbonyl (C=O) groups is 2. The van der Waals surface area contributed by atoms with Crippen LogP contribution in [0.5, 0.6) is 5.75 Å². The number of anilines is 2. The molecule has 1 fully saturated rings. The number of aromatic nitrogens is 2. The molecule has 270 valence electrons. The molecule has 12 heteroatoms. The lowest BCUT2D eigenvalue weighted by Gasteiger charge is -2.35. The number of amides is 2.